The van der Waals surface area contributed by atoms with E-state index in [2.05, 4.69) is 41.3 Å². The first-order chi connectivity index (χ1) is 9.38. The third kappa shape index (κ3) is 3.66. The van der Waals surface area contributed by atoms with E-state index in [9.17, 15) is 4.79 Å². The first-order valence-corrected chi connectivity index (χ1v) is 7.55. The van der Waals surface area contributed by atoms with E-state index in [1.54, 1.807) is 11.3 Å². The Hall–Kier alpha value is -1.69. The van der Waals surface area contributed by atoms with Crippen LogP contribution in [0.4, 0.5) is 5.82 Å². The number of carbonyl (C=O) groups is 1. The summed E-state index contributed by atoms with van der Waals surface area (Å²) in [5.74, 6) is 0.475. The normalized spacial score (nSPS) is 11.6. The Morgan fingerprint density at radius 1 is 1.45 bits per heavy atom. The zero-order valence-electron chi connectivity index (χ0n) is 12.3. The molecule has 2 aromatic heterocycles. The van der Waals surface area contributed by atoms with Gasteiger partial charge in [0, 0.05) is 22.6 Å². The molecule has 0 aliphatic heterocycles. The third-order valence-corrected chi connectivity index (χ3v) is 4.13. The van der Waals surface area contributed by atoms with E-state index in [-0.39, 0.29) is 17.7 Å². The molecule has 0 radical (unpaired) electrons. The molecule has 2 heterocycles. The first kappa shape index (κ1) is 14.7. The molecule has 0 aliphatic carbocycles. The predicted octanol–water partition coefficient (Wildman–Crippen LogP) is 2.91. The van der Waals surface area contributed by atoms with Crippen LogP contribution in [0.1, 0.15) is 44.1 Å². The van der Waals surface area contributed by atoms with Gasteiger partial charge in [-0.3, -0.25) is 9.89 Å². The maximum atomic E-state index is 11.9. The second-order valence-electron chi connectivity index (χ2n) is 5.75. The van der Waals surface area contributed by atoms with Crippen molar-refractivity contribution in [1.29, 1.82) is 0 Å². The lowest BCUT2D eigenvalue weighted by Crippen LogP contribution is -2.16. The summed E-state index contributed by atoms with van der Waals surface area (Å²) in [6.45, 7) is 8.38. The Balaban J connectivity index is 1.96. The number of thiazole rings is 1. The van der Waals surface area contributed by atoms with Gasteiger partial charge in [0.1, 0.15) is 0 Å². The number of nitrogens with zero attached hydrogens (tertiary/aromatic N) is 2. The molecule has 6 heteroatoms. The fourth-order valence-electron chi connectivity index (χ4n) is 1.69. The van der Waals surface area contributed by atoms with Gasteiger partial charge in [0.2, 0.25) is 5.91 Å². The number of aromatic nitrogens is 3. The lowest BCUT2D eigenvalue weighted by Gasteiger charge is -2.13. The van der Waals surface area contributed by atoms with Crippen LogP contribution < -0.4 is 5.32 Å². The van der Waals surface area contributed by atoms with Gasteiger partial charge in [-0.05, 0) is 6.42 Å². The number of nitrogens with one attached hydrogen (secondary N) is 2. The van der Waals surface area contributed by atoms with Crippen LogP contribution in [-0.4, -0.2) is 21.1 Å². The SMILES string of the molecule is CCc1cc(NC(=O)Cc2csc(C(C)(C)C)n2)n[nH]1. The molecule has 2 aromatic rings. The van der Waals surface area contributed by atoms with E-state index in [1.165, 1.54) is 0 Å². The Morgan fingerprint density at radius 3 is 2.75 bits per heavy atom. The molecule has 0 saturated carbocycles. The molecule has 108 valence electrons. The Morgan fingerprint density at radius 2 is 2.20 bits per heavy atom. The van der Waals surface area contributed by atoms with Crippen LogP contribution in [-0.2, 0) is 23.1 Å². The Bertz CT molecular complexity index is 594. The van der Waals surface area contributed by atoms with Gasteiger partial charge in [-0.15, -0.1) is 11.3 Å². The van der Waals surface area contributed by atoms with Crippen molar-refractivity contribution in [2.45, 2.75) is 46.0 Å². The average molecular weight is 292 g/mol. The van der Waals surface area contributed by atoms with Crippen molar-refractivity contribution in [3.63, 3.8) is 0 Å². The number of amides is 1. The summed E-state index contributed by atoms with van der Waals surface area (Å²) in [6, 6.07) is 1.85. The van der Waals surface area contributed by atoms with Crippen LogP contribution in [0.15, 0.2) is 11.4 Å². The van der Waals surface area contributed by atoms with E-state index in [0.717, 1.165) is 22.8 Å². The molecule has 0 aliphatic rings. The lowest BCUT2D eigenvalue weighted by molar-refractivity contribution is -0.115. The number of carbonyl (C=O) groups excluding carboxylic acids is 1. The zero-order chi connectivity index (χ0) is 14.8. The summed E-state index contributed by atoms with van der Waals surface area (Å²) in [6.07, 6.45) is 1.14. The number of hydrogen-bond acceptors (Lipinski definition) is 4. The number of rotatable bonds is 4. The molecule has 0 fully saturated rings. The highest BCUT2D eigenvalue weighted by atomic mass is 32.1. The summed E-state index contributed by atoms with van der Waals surface area (Å²) in [4.78, 5) is 16.5. The molecular weight excluding hydrogens is 272 g/mol. The van der Waals surface area contributed by atoms with Crippen LogP contribution in [0.3, 0.4) is 0 Å². The number of H-pyrrole nitrogens is 1. The highest BCUT2D eigenvalue weighted by Gasteiger charge is 2.18. The quantitative estimate of drug-likeness (QED) is 0.910. The van der Waals surface area contributed by atoms with Crippen molar-refractivity contribution in [1.82, 2.24) is 15.2 Å². The molecule has 0 aromatic carbocycles. The van der Waals surface area contributed by atoms with Gasteiger partial charge in [0.15, 0.2) is 5.82 Å². The topological polar surface area (TPSA) is 70.7 Å². The van der Waals surface area contributed by atoms with Crippen LogP contribution in [0.2, 0.25) is 0 Å². The van der Waals surface area contributed by atoms with Gasteiger partial charge in [-0.25, -0.2) is 4.98 Å². The summed E-state index contributed by atoms with van der Waals surface area (Å²) in [5, 5.41) is 12.7. The maximum absolute atomic E-state index is 11.9. The van der Waals surface area contributed by atoms with Gasteiger partial charge in [0.05, 0.1) is 17.1 Å². The number of aromatic amines is 1. The summed E-state index contributed by atoms with van der Waals surface area (Å²) in [7, 11) is 0. The van der Waals surface area contributed by atoms with E-state index < -0.39 is 0 Å². The standard InChI is InChI=1S/C14H20N4OS/c1-5-9-6-11(18-17-9)16-12(19)7-10-8-20-13(15-10)14(2,3)4/h6,8H,5,7H2,1-4H3,(H2,16,17,18,19). The molecule has 0 unspecified atom stereocenters. The fraction of sp³-hybridized carbons (Fsp3) is 0.500. The van der Waals surface area contributed by atoms with E-state index in [0.29, 0.717) is 5.82 Å². The van der Waals surface area contributed by atoms with Crippen molar-refractivity contribution >= 4 is 23.1 Å². The lowest BCUT2D eigenvalue weighted by atomic mass is 9.98. The van der Waals surface area contributed by atoms with Crippen LogP contribution in [0.25, 0.3) is 0 Å². The monoisotopic (exact) mass is 292 g/mol. The minimum absolute atomic E-state index is 0.0254. The zero-order valence-corrected chi connectivity index (χ0v) is 13.1. The van der Waals surface area contributed by atoms with E-state index in [1.807, 2.05) is 18.4 Å². The van der Waals surface area contributed by atoms with Crippen LogP contribution >= 0.6 is 11.3 Å². The second kappa shape index (κ2) is 5.75. The molecule has 20 heavy (non-hydrogen) atoms. The molecular formula is C14H20N4OS. The van der Waals surface area contributed by atoms with Gasteiger partial charge >= 0.3 is 0 Å². The highest BCUT2D eigenvalue weighted by molar-refractivity contribution is 7.09. The Labute approximate surface area is 122 Å². The second-order valence-corrected chi connectivity index (χ2v) is 6.61. The van der Waals surface area contributed by atoms with E-state index >= 15 is 0 Å². The van der Waals surface area contributed by atoms with Crippen molar-refractivity contribution in [3.05, 3.63) is 27.8 Å². The molecule has 2 N–H and O–H groups in total. The van der Waals surface area contributed by atoms with Gasteiger partial charge in [0.25, 0.3) is 0 Å². The van der Waals surface area contributed by atoms with Gasteiger partial charge in [-0.2, -0.15) is 5.10 Å². The summed E-state index contributed by atoms with van der Waals surface area (Å²) < 4.78 is 0. The Kier molecular flexibility index (Phi) is 4.23. The molecule has 0 atom stereocenters. The van der Waals surface area contributed by atoms with Gasteiger partial charge in [-0.1, -0.05) is 27.7 Å². The predicted molar refractivity (Wildman–Crippen MR) is 81.1 cm³/mol. The molecule has 1 amide bonds. The van der Waals surface area contributed by atoms with Crippen molar-refractivity contribution < 1.29 is 4.79 Å². The fourth-order valence-corrected chi connectivity index (χ4v) is 2.60. The minimum atomic E-state index is -0.0927. The smallest absolute Gasteiger partial charge is 0.231 e. The van der Waals surface area contributed by atoms with E-state index in [4.69, 9.17) is 0 Å². The molecule has 0 bridgehead atoms. The van der Waals surface area contributed by atoms with Gasteiger partial charge < -0.3 is 5.32 Å². The molecule has 2 rings (SSSR count). The third-order valence-electron chi connectivity index (χ3n) is 2.81. The molecule has 0 saturated heterocycles. The number of anilines is 1. The van der Waals surface area contributed by atoms with Crippen LogP contribution in [0, 0.1) is 0 Å². The van der Waals surface area contributed by atoms with Crippen LogP contribution in [0.5, 0.6) is 0 Å². The average Bonchev–Trinajstić information content (AvgIpc) is 2.97. The minimum Gasteiger partial charge on any atom is -0.309 e. The first-order valence-electron chi connectivity index (χ1n) is 6.67. The van der Waals surface area contributed by atoms with Crippen molar-refractivity contribution in [3.8, 4) is 0 Å². The highest BCUT2D eigenvalue weighted by Crippen LogP contribution is 2.25. The molecule has 0 spiro atoms. The largest absolute Gasteiger partial charge is 0.309 e. The maximum Gasteiger partial charge on any atom is 0.231 e. The summed E-state index contributed by atoms with van der Waals surface area (Å²) in [5.41, 5.74) is 1.84. The molecule has 5 nitrogen and oxygen atoms in total. The van der Waals surface area contributed by atoms with Crippen molar-refractivity contribution in [2.75, 3.05) is 5.32 Å². The number of hydrogen-bond donors (Lipinski definition) is 2. The van der Waals surface area contributed by atoms with Crippen molar-refractivity contribution in [2.24, 2.45) is 0 Å². The number of aryl methyl sites for hydroxylation is 1. The summed E-state index contributed by atoms with van der Waals surface area (Å²) >= 11 is 1.60.